The fourth-order valence-electron chi connectivity index (χ4n) is 1.85. The van der Waals surface area contributed by atoms with Crippen LogP contribution in [0.4, 0.5) is 13.2 Å². The van der Waals surface area contributed by atoms with Gasteiger partial charge in [0.1, 0.15) is 5.75 Å². The molecule has 1 saturated heterocycles. The zero-order valence-corrected chi connectivity index (χ0v) is 9.76. The molecule has 1 unspecified atom stereocenters. The molecule has 0 aromatic heterocycles. The van der Waals surface area contributed by atoms with Crippen LogP contribution in [-0.4, -0.2) is 32.4 Å². The Morgan fingerprint density at radius 1 is 1.17 bits per heavy atom. The van der Waals surface area contributed by atoms with E-state index < -0.39 is 12.8 Å². The summed E-state index contributed by atoms with van der Waals surface area (Å²) in [6, 6.07) is 6.91. The van der Waals surface area contributed by atoms with Gasteiger partial charge in [0.2, 0.25) is 0 Å². The van der Waals surface area contributed by atoms with E-state index in [1.807, 2.05) is 0 Å². The minimum atomic E-state index is -4.30. The van der Waals surface area contributed by atoms with Gasteiger partial charge in [-0.1, -0.05) is 12.1 Å². The molecule has 1 aliphatic heterocycles. The van der Waals surface area contributed by atoms with Crippen LogP contribution in [0, 0.1) is 0 Å². The third-order valence-corrected chi connectivity index (χ3v) is 2.73. The van der Waals surface area contributed by atoms with Gasteiger partial charge in [-0.15, -0.1) is 0 Å². The molecule has 2 N–H and O–H groups in total. The first-order valence-corrected chi connectivity index (χ1v) is 5.78. The molecule has 1 aromatic rings. The van der Waals surface area contributed by atoms with E-state index >= 15 is 0 Å². The molecule has 2 rings (SSSR count). The van der Waals surface area contributed by atoms with Gasteiger partial charge in [0, 0.05) is 25.7 Å². The quantitative estimate of drug-likeness (QED) is 0.870. The molecular formula is C12H15F3N2O. The van der Waals surface area contributed by atoms with Crippen LogP contribution in [0.1, 0.15) is 11.6 Å². The maximum Gasteiger partial charge on any atom is 0.422 e. The fraction of sp³-hybridized carbons (Fsp3) is 0.500. The molecule has 1 aliphatic rings. The second-order valence-electron chi connectivity index (χ2n) is 4.18. The molecule has 0 amide bonds. The fourth-order valence-corrected chi connectivity index (χ4v) is 1.85. The lowest BCUT2D eigenvalue weighted by Crippen LogP contribution is -2.42. The highest BCUT2D eigenvalue weighted by Crippen LogP contribution is 2.21. The van der Waals surface area contributed by atoms with Crippen molar-refractivity contribution in [2.45, 2.75) is 12.2 Å². The second kappa shape index (κ2) is 5.58. The van der Waals surface area contributed by atoms with Crippen molar-refractivity contribution in [2.75, 3.05) is 26.2 Å². The summed E-state index contributed by atoms with van der Waals surface area (Å²) < 4.78 is 40.6. The van der Waals surface area contributed by atoms with Crippen LogP contribution in [-0.2, 0) is 0 Å². The SMILES string of the molecule is FC(F)(F)COc1ccc(C2CNCCN2)cc1. The van der Waals surface area contributed by atoms with Gasteiger partial charge >= 0.3 is 6.18 Å². The van der Waals surface area contributed by atoms with Gasteiger partial charge in [-0.25, -0.2) is 0 Å². The van der Waals surface area contributed by atoms with Crippen molar-refractivity contribution < 1.29 is 17.9 Å². The Morgan fingerprint density at radius 3 is 2.44 bits per heavy atom. The van der Waals surface area contributed by atoms with E-state index in [4.69, 9.17) is 0 Å². The van der Waals surface area contributed by atoms with E-state index in [1.54, 1.807) is 24.3 Å². The third-order valence-electron chi connectivity index (χ3n) is 2.73. The van der Waals surface area contributed by atoms with Gasteiger partial charge in [0.05, 0.1) is 0 Å². The number of alkyl halides is 3. The van der Waals surface area contributed by atoms with Crippen LogP contribution in [0.25, 0.3) is 0 Å². The maximum absolute atomic E-state index is 12.0. The van der Waals surface area contributed by atoms with Crippen molar-refractivity contribution >= 4 is 0 Å². The second-order valence-corrected chi connectivity index (χ2v) is 4.18. The predicted molar refractivity (Wildman–Crippen MR) is 61.6 cm³/mol. The molecule has 1 aromatic carbocycles. The molecule has 0 radical (unpaired) electrons. The van der Waals surface area contributed by atoms with Crippen molar-refractivity contribution in [1.29, 1.82) is 0 Å². The van der Waals surface area contributed by atoms with Crippen molar-refractivity contribution in [2.24, 2.45) is 0 Å². The van der Waals surface area contributed by atoms with Crippen molar-refractivity contribution in [3.05, 3.63) is 29.8 Å². The van der Waals surface area contributed by atoms with Crippen LogP contribution >= 0.6 is 0 Å². The molecular weight excluding hydrogens is 245 g/mol. The normalized spacial score (nSPS) is 20.7. The largest absolute Gasteiger partial charge is 0.484 e. The molecule has 6 heteroatoms. The Balaban J connectivity index is 1.92. The predicted octanol–water partition coefficient (Wildman–Crippen LogP) is 1.86. The van der Waals surface area contributed by atoms with Crippen molar-refractivity contribution in [3.63, 3.8) is 0 Å². The number of rotatable bonds is 3. The molecule has 18 heavy (non-hydrogen) atoms. The average molecular weight is 260 g/mol. The van der Waals surface area contributed by atoms with Crippen LogP contribution in [0.2, 0.25) is 0 Å². The first-order chi connectivity index (χ1) is 8.54. The first kappa shape index (κ1) is 13.2. The minimum absolute atomic E-state index is 0.204. The molecule has 1 fully saturated rings. The lowest BCUT2D eigenvalue weighted by molar-refractivity contribution is -0.153. The summed E-state index contributed by atoms with van der Waals surface area (Å²) in [6.45, 7) is 1.39. The molecule has 1 heterocycles. The van der Waals surface area contributed by atoms with Gasteiger partial charge in [-0.2, -0.15) is 13.2 Å². The van der Waals surface area contributed by atoms with E-state index in [0.29, 0.717) is 0 Å². The number of ether oxygens (including phenoxy) is 1. The number of benzene rings is 1. The summed E-state index contributed by atoms with van der Waals surface area (Å²) in [6.07, 6.45) is -4.30. The van der Waals surface area contributed by atoms with E-state index in [-0.39, 0.29) is 11.8 Å². The number of hydrogen-bond acceptors (Lipinski definition) is 3. The summed E-state index contributed by atoms with van der Waals surface area (Å²) in [7, 11) is 0. The van der Waals surface area contributed by atoms with E-state index in [0.717, 1.165) is 25.2 Å². The Morgan fingerprint density at radius 2 is 1.89 bits per heavy atom. The lowest BCUT2D eigenvalue weighted by atomic mass is 10.1. The van der Waals surface area contributed by atoms with E-state index in [2.05, 4.69) is 15.4 Å². The average Bonchev–Trinajstić information content (AvgIpc) is 2.37. The summed E-state index contributed by atoms with van der Waals surface area (Å²) in [5.74, 6) is 0.236. The van der Waals surface area contributed by atoms with Gasteiger partial charge in [-0.3, -0.25) is 0 Å². The first-order valence-electron chi connectivity index (χ1n) is 5.78. The lowest BCUT2D eigenvalue weighted by Gasteiger charge is -2.25. The highest BCUT2D eigenvalue weighted by molar-refractivity contribution is 5.29. The highest BCUT2D eigenvalue weighted by atomic mass is 19.4. The standard InChI is InChI=1S/C12H15F3N2O/c13-12(14,15)8-18-10-3-1-9(2-4-10)11-7-16-5-6-17-11/h1-4,11,16-17H,5-8H2. The van der Waals surface area contributed by atoms with Crippen LogP contribution < -0.4 is 15.4 Å². The van der Waals surface area contributed by atoms with Crippen molar-refractivity contribution in [1.82, 2.24) is 10.6 Å². The molecule has 0 spiro atoms. The van der Waals surface area contributed by atoms with E-state index in [1.165, 1.54) is 0 Å². The number of piperazine rings is 1. The summed E-state index contributed by atoms with van der Waals surface area (Å²) in [5, 5.41) is 6.58. The molecule has 3 nitrogen and oxygen atoms in total. The summed E-state index contributed by atoms with van der Waals surface area (Å²) in [5.41, 5.74) is 1.04. The molecule has 0 saturated carbocycles. The van der Waals surface area contributed by atoms with Crippen LogP contribution in [0.5, 0.6) is 5.75 Å². The van der Waals surface area contributed by atoms with Crippen LogP contribution in [0.3, 0.4) is 0 Å². The highest BCUT2D eigenvalue weighted by Gasteiger charge is 2.28. The van der Waals surface area contributed by atoms with Gasteiger partial charge in [0.25, 0.3) is 0 Å². The summed E-state index contributed by atoms with van der Waals surface area (Å²) >= 11 is 0. The Labute approximate surface area is 103 Å². The molecule has 1 atom stereocenters. The number of halogens is 3. The zero-order valence-electron chi connectivity index (χ0n) is 9.76. The smallest absolute Gasteiger partial charge is 0.422 e. The van der Waals surface area contributed by atoms with Gasteiger partial charge in [-0.05, 0) is 17.7 Å². The minimum Gasteiger partial charge on any atom is -0.484 e. The molecule has 100 valence electrons. The number of nitrogens with one attached hydrogen (secondary N) is 2. The number of hydrogen-bond donors (Lipinski definition) is 2. The Hall–Kier alpha value is -1.27. The summed E-state index contributed by atoms with van der Waals surface area (Å²) in [4.78, 5) is 0. The molecule has 0 bridgehead atoms. The monoisotopic (exact) mass is 260 g/mol. The van der Waals surface area contributed by atoms with Crippen LogP contribution in [0.15, 0.2) is 24.3 Å². The zero-order chi connectivity index (χ0) is 13.0. The van der Waals surface area contributed by atoms with E-state index in [9.17, 15) is 13.2 Å². The third kappa shape index (κ3) is 3.89. The maximum atomic E-state index is 12.0. The van der Waals surface area contributed by atoms with Gasteiger partial charge < -0.3 is 15.4 Å². The Bertz CT molecular complexity index is 372. The molecule has 0 aliphatic carbocycles. The Kier molecular flexibility index (Phi) is 4.08. The van der Waals surface area contributed by atoms with Gasteiger partial charge in [0.15, 0.2) is 6.61 Å². The topological polar surface area (TPSA) is 33.3 Å². The van der Waals surface area contributed by atoms with Crippen molar-refractivity contribution in [3.8, 4) is 5.75 Å².